The minimum atomic E-state index is -1.44. The fourth-order valence-corrected chi connectivity index (χ4v) is 12.4. The van der Waals surface area contributed by atoms with E-state index in [4.69, 9.17) is 39.1 Å². The molecular weight excluding hydrogens is 1320 g/mol. The van der Waals surface area contributed by atoms with Gasteiger partial charge >= 0.3 is 40.5 Å². The number of benzene rings is 3. The fourth-order valence-electron chi connectivity index (χ4n) is 12.4. The zero-order chi connectivity index (χ0) is 67.2. The summed E-state index contributed by atoms with van der Waals surface area (Å²) in [5, 5.41) is 10.7. The van der Waals surface area contributed by atoms with Crippen LogP contribution >= 0.6 is 24.8 Å². The number of carbonyl (C=O) groups is 4. The summed E-state index contributed by atoms with van der Waals surface area (Å²) in [5.41, 5.74) is 27.0. The number of ketones is 3. The van der Waals surface area contributed by atoms with E-state index in [0.29, 0.717) is 79.6 Å². The van der Waals surface area contributed by atoms with Crippen molar-refractivity contribution in [1.29, 1.82) is 0 Å². The van der Waals surface area contributed by atoms with Crippen molar-refractivity contribution < 1.29 is 61.0 Å². The van der Waals surface area contributed by atoms with Crippen LogP contribution in [0.3, 0.4) is 0 Å². The van der Waals surface area contributed by atoms with Gasteiger partial charge in [-0.25, -0.2) is 0 Å². The van der Waals surface area contributed by atoms with Gasteiger partial charge in [-0.15, -0.1) is 24.8 Å². The molecule has 3 saturated heterocycles. The second-order valence-electron chi connectivity index (χ2n) is 24.9. The Morgan fingerprint density at radius 3 is 1.27 bits per heavy atom. The third-order valence-corrected chi connectivity index (χ3v) is 17.4. The molecule has 28 heteroatoms. The Morgan fingerprint density at radius 2 is 0.845 bits per heavy atom. The molecule has 1 atom stereocenters. The molecule has 3 fully saturated rings. The molecule has 12 rings (SSSR count). The van der Waals surface area contributed by atoms with Gasteiger partial charge in [-0.2, -0.15) is 29.9 Å². The van der Waals surface area contributed by atoms with Crippen molar-refractivity contribution >= 4 is 83.0 Å². The van der Waals surface area contributed by atoms with E-state index in [2.05, 4.69) is 114 Å². The molecule has 1 unspecified atom stereocenters. The number of nitrogens with two attached hydrogens (primary N) is 3. The van der Waals surface area contributed by atoms with Crippen molar-refractivity contribution in [2.24, 2.45) is 0 Å². The molecule has 525 valence electrons. The Balaban J connectivity index is 0.000000199. The number of fused-ring (bicyclic) bond motifs is 3. The molecule has 97 heavy (non-hydrogen) atoms. The van der Waals surface area contributed by atoms with E-state index in [1.807, 2.05) is 29.2 Å². The summed E-state index contributed by atoms with van der Waals surface area (Å²) in [5.74, 6) is 1.05. The molecule has 0 saturated carbocycles. The molecule has 3 aromatic carbocycles. The first kappa shape index (κ1) is 76.7. The number of aliphatic hydroxyl groups excluding tert-OH is 1. The number of unbranched alkanes of at least 4 members (excludes halogenated alkanes) is 3. The van der Waals surface area contributed by atoms with Gasteiger partial charge in [0.1, 0.15) is 34.9 Å². The van der Waals surface area contributed by atoms with Gasteiger partial charge in [0, 0.05) is 68.7 Å². The second kappa shape index (κ2) is 38.5. The van der Waals surface area contributed by atoms with E-state index in [-0.39, 0.29) is 85.8 Å². The number of nitrogen functional groups attached to an aromatic ring is 3. The normalized spacial score (nSPS) is 16.7. The van der Waals surface area contributed by atoms with Crippen molar-refractivity contribution in [1.82, 2.24) is 44.6 Å². The number of likely N-dealkylation sites (tertiary alicyclic amines) is 3. The third-order valence-electron chi connectivity index (χ3n) is 17.4. The van der Waals surface area contributed by atoms with E-state index < -0.39 is 32.7 Å². The molecule has 0 aliphatic carbocycles. The number of aromatic nitrogens is 6. The molecule has 25 nitrogen and oxygen atoms in total. The third kappa shape index (κ3) is 21.7. The zero-order valence-corrected chi connectivity index (χ0v) is 58.7. The minimum absolute atomic E-state index is 0. The fraction of sp³-hybridized carbons (Fsp3) is 0.507. The van der Waals surface area contributed by atoms with Crippen molar-refractivity contribution in [3.8, 4) is 18.0 Å². The molecule has 7 N–H and O–H groups in total. The molecule has 6 aliphatic heterocycles. The number of aliphatic hydroxyl groups is 1. The maximum absolute atomic E-state index is 12.8. The van der Waals surface area contributed by atoms with Crippen molar-refractivity contribution in [2.45, 2.75) is 163 Å². The van der Waals surface area contributed by atoms with Gasteiger partial charge in [-0.3, -0.25) is 38.8 Å². The van der Waals surface area contributed by atoms with Crippen LogP contribution in [0, 0.1) is 0 Å². The second-order valence-corrected chi connectivity index (χ2v) is 25.1. The Bertz CT molecular complexity index is 3650. The number of nitrogens with zero attached hydrogens (tertiary/aromatic N) is 12. The van der Waals surface area contributed by atoms with Crippen molar-refractivity contribution in [3.05, 3.63) is 123 Å². The van der Waals surface area contributed by atoms with Gasteiger partial charge in [-0.1, -0.05) is 113 Å². The topological polar surface area (TPSA) is 325 Å². The Kier molecular flexibility index (Phi) is 30.4. The van der Waals surface area contributed by atoms with Gasteiger partial charge in [0.2, 0.25) is 5.78 Å². The Labute approximate surface area is 586 Å². The summed E-state index contributed by atoms with van der Waals surface area (Å²) in [4.78, 5) is 88.6. The van der Waals surface area contributed by atoms with Gasteiger partial charge in [0.15, 0.2) is 17.8 Å². The van der Waals surface area contributed by atoms with Crippen molar-refractivity contribution in [2.75, 3.05) is 97.5 Å². The van der Waals surface area contributed by atoms with Crippen LogP contribution in [-0.2, 0) is 100 Å². The first-order valence-electron chi connectivity index (χ1n) is 33.4. The van der Waals surface area contributed by atoms with E-state index in [1.165, 1.54) is 73.2 Å². The molecule has 0 spiro atoms. The molecule has 9 heterocycles. The molecular formula is C69H93Cl2MnN15O10. The molecule has 6 aliphatic rings. The summed E-state index contributed by atoms with van der Waals surface area (Å²) in [6.45, 7) is 18.9. The number of rotatable bonds is 24. The Hall–Kier alpha value is -7.68. The van der Waals surface area contributed by atoms with Crippen LogP contribution in [0.1, 0.15) is 148 Å². The predicted octanol–water partition coefficient (Wildman–Crippen LogP) is 8.34. The van der Waals surface area contributed by atoms with E-state index in [1.54, 1.807) is 4.90 Å². The SMILES string of the molecule is CCCCOc1nc(N)c2c(n1)N(Cc1cccc(CN3CCCC3)c1)C(=O)C(=O)C2.CCCCOc1nc(N)c2c(n1)N(Cc1cccc(CN3CCCC3)c1)C(O)C(=O)C2.CCCCOc1nc(N)c2c(n1)N(Cc1cccc(CN3CCCC3)c1)CC(=O)C2.Cl.Cl.[O]=[Mn]=[O]. The van der Waals surface area contributed by atoms with E-state index in [0.717, 1.165) is 107 Å². The quantitative estimate of drug-likeness (QED) is 0.0251. The van der Waals surface area contributed by atoms with Crippen LogP contribution in [0.25, 0.3) is 0 Å². The van der Waals surface area contributed by atoms with Crippen molar-refractivity contribution in [3.63, 3.8) is 0 Å². The summed E-state index contributed by atoms with van der Waals surface area (Å²) >= 11 is -1.44. The van der Waals surface area contributed by atoms with Gasteiger partial charge < -0.3 is 46.3 Å². The number of anilines is 6. The van der Waals surface area contributed by atoms with E-state index in [9.17, 15) is 24.3 Å². The van der Waals surface area contributed by atoms with E-state index >= 15 is 0 Å². The van der Waals surface area contributed by atoms with Gasteiger partial charge in [0.25, 0.3) is 5.91 Å². The number of hydrogen-bond acceptors (Lipinski definition) is 24. The predicted molar refractivity (Wildman–Crippen MR) is 370 cm³/mol. The van der Waals surface area contributed by atoms with Gasteiger partial charge in [0.05, 0.1) is 32.9 Å². The first-order valence-corrected chi connectivity index (χ1v) is 34.4. The number of amides is 1. The van der Waals surface area contributed by atoms with Crippen LogP contribution in [0.4, 0.5) is 34.9 Å². The standard InChI is InChI=1S/C23H31N5O3.C23H29N5O3.C23H31N5O2.2ClH.Mn.2O/c2*1-2-3-11-31-23-25-20(24)18-13-19(29)22(30)28(21(18)26-23)15-17-8-6-7-16(12-17)14-27-9-4-5-10-27;1-2-3-11-30-23-25-21(24)20-13-19(29)16-28(22(20)26-23)15-18-8-6-7-17(12-18)14-27-9-4-5-10-27;;;;;/h6-8,12,22,30H,2-5,9-11,13-15H2,1H3,(H2,24,25,26);6-8,12H,2-5,9-11,13-15H2,1H3,(H2,24,25,26);6-8,12H,2-5,9-11,13-16H2,1H3,(H2,24,25,26);2*1H;;;. The van der Waals surface area contributed by atoms with Crippen LogP contribution in [-0.4, -0.2) is 145 Å². The zero-order valence-electron chi connectivity index (χ0n) is 55.8. The number of hydrogen-bond donors (Lipinski definition) is 4. The molecule has 6 aromatic rings. The van der Waals surface area contributed by atoms with Gasteiger partial charge in [-0.05, 0) is 130 Å². The summed E-state index contributed by atoms with van der Waals surface area (Å²) in [6.07, 6.45) is 12.2. The molecule has 1 amide bonds. The number of ether oxygens (including phenoxy) is 3. The van der Waals surface area contributed by atoms with Crippen LogP contribution in [0.2, 0.25) is 0 Å². The Morgan fingerprint density at radius 1 is 0.485 bits per heavy atom. The van der Waals surface area contributed by atoms with Crippen LogP contribution in [0.5, 0.6) is 18.0 Å². The number of halogens is 2. The number of carbonyl (C=O) groups excluding carboxylic acids is 4. The van der Waals surface area contributed by atoms with Crippen LogP contribution < -0.4 is 46.1 Å². The molecule has 3 aromatic heterocycles. The van der Waals surface area contributed by atoms with Crippen LogP contribution in [0.15, 0.2) is 72.8 Å². The molecule has 0 bridgehead atoms. The number of Topliss-reactive ketones (excluding diaryl/α,β-unsaturated/α-hetero) is 3. The summed E-state index contributed by atoms with van der Waals surface area (Å²) in [6, 6.07) is 25.6. The summed E-state index contributed by atoms with van der Waals surface area (Å²) in [7, 11) is 0. The average molecular weight is 1420 g/mol. The first-order chi connectivity index (χ1) is 46.1. The summed E-state index contributed by atoms with van der Waals surface area (Å²) < 4.78 is 33.8. The monoisotopic (exact) mass is 1420 g/mol. The average Bonchev–Trinajstić information content (AvgIpc) is 0.967. The maximum atomic E-state index is 12.8. The molecule has 0 radical (unpaired) electrons.